The van der Waals surface area contributed by atoms with Crippen molar-refractivity contribution < 1.29 is 60.8 Å². The van der Waals surface area contributed by atoms with Crippen molar-refractivity contribution in [3.05, 3.63) is 10.1 Å². The zero-order valence-corrected chi connectivity index (χ0v) is 18.5. The van der Waals surface area contributed by atoms with Gasteiger partial charge in [-0.25, -0.2) is 24.7 Å². The third-order valence-electron chi connectivity index (χ3n) is 3.91. The number of hydrogen-bond donors (Lipinski definition) is 7. The molecule has 0 spiro atoms. The van der Waals surface area contributed by atoms with E-state index in [1.54, 1.807) is 5.43 Å². The van der Waals surface area contributed by atoms with E-state index in [1.807, 2.05) is 0 Å². The van der Waals surface area contributed by atoms with Crippen LogP contribution in [0.3, 0.4) is 0 Å². The molecule has 0 aromatic heterocycles. The molecule has 1 heterocycles. The Morgan fingerprint density at radius 3 is 1.86 bits per heavy atom. The second kappa shape index (κ2) is 15.2. The number of alkyl halides is 6. The van der Waals surface area contributed by atoms with Crippen molar-refractivity contribution in [1.82, 2.24) is 10.3 Å². The predicted octanol–water partition coefficient (Wildman–Crippen LogP) is -2.13. The van der Waals surface area contributed by atoms with E-state index in [1.165, 1.54) is 4.90 Å². The van der Waals surface area contributed by atoms with Crippen molar-refractivity contribution >= 4 is 29.7 Å². The molecule has 1 fully saturated rings. The summed E-state index contributed by atoms with van der Waals surface area (Å²) in [5.41, 5.74) is 23.8. The summed E-state index contributed by atoms with van der Waals surface area (Å²) in [5.74, 6) is -6.85. The van der Waals surface area contributed by atoms with E-state index in [4.69, 9.17) is 42.7 Å². The maximum atomic E-state index is 12.3. The lowest BCUT2D eigenvalue weighted by Gasteiger charge is -2.25. The van der Waals surface area contributed by atoms with Gasteiger partial charge in [0, 0.05) is 19.1 Å². The van der Waals surface area contributed by atoms with Gasteiger partial charge in [0.15, 0.2) is 5.03 Å². The molecule has 0 saturated carbocycles. The molecule has 1 rings (SSSR count). The molecule has 3 atom stereocenters. The van der Waals surface area contributed by atoms with Gasteiger partial charge in [-0.2, -0.15) is 26.3 Å². The first-order valence-corrected chi connectivity index (χ1v) is 9.53. The van der Waals surface area contributed by atoms with E-state index in [0.29, 0.717) is 12.8 Å². The monoisotopic (exact) mass is 558 g/mol. The SMILES string of the molecule is NC(=O)[C@H]1C[C@@H](N)CN1C(=O)[C@H](N)CCCN=C(N)N[N+](=O)[O-].O=C(O)C(F)(F)F.O=C(O)C(F)(F)F. The molecular formula is C15H24F6N8O8. The van der Waals surface area contributed by atoms with Crippen molar-refractivity contribution in [2.45, 2.75) is 49.7 Å². The number of carboxylic acid groups (broad SMARTS) is 2. The van der Waals surface area contributed by atoms with Gasteiger partial charge in [0.05, 0.1) is 6.04 Å². The first-order chi connectivity index (χ1) is 16.6. The van der Waals surface area contributed by atoms with Crippen LogP contribution in [0, 0.1) is 10.1 Å². The highest BCUT2D eigenvalue weighted by Crippen LogP contribution is 2.18. The number of nitrogens with one attached hydrogen (secondary N) is 1. The molecule has 0 unspecified atom stereocenters. The lowest BCUT2D eigenvalue weighted by atomic mass is 10.1. The number of aliphatic imine (C=N–C) groups is 1. The maximum Gasteiger partial charge on any atom is 0.490 e. The zero-order valence-electron chi connectivity index (χ0n) is 18.5. The van der Waals surface area contributed by atoms with E-state index >= 15 is 0 Å². The van der Waals surface area contributed by atoms with Crippen LogP contribution in [0.2, 0.25) is 0 Å². The number of hydrazine groups is 1. The van der Waals surface area contributed by atoms with E-state index in [0.717, 1.165) is 0 Å². The van der Waals surface area contributed by atoms with E-state index in [9.17, 15) is 46.0 Å². The van der Waals surface area contributed by atoms with Gasteiger partial charge in [-0.1, -0.05) is 5.43 Å². The van der Waals surface area contributed by atoms with Crippen molar-refractivity contribution in [3.8, 4) is 0 Å². The zero-order chi connectivity index (χ0) is 29.7. The third kappa shape index (κ3) is 15.6. The topological polar surface area (TPSA) is 284 Å². The third-order valence-corrected chi connectivity index (χ3v) is 3.91. The van der Waals surface area contributed by atoms with Crippen molar-refractivity contribution in [1.29, 1.82) is 0 Å². The highest BCUT2D eigenvalue weighted by molar-refractivity contribution is 5.89. The minimum Gasteiger partial charge on any atom is -0.475 e. The Balaban J connectivity index is 0. The predicted molar refractivity (Wildman–Crippen MR) is 108 cm³/mol. The highest BCUT2D eigenvalue weighted by Gasteiger charge is 2.39. The van der Waals surface area contributed by atoms with Crippen LogP contribution in [0.5, 0.6) is 0 Å². The minimum absolute atomic E-state index is 0.173. The maximum absolute atomic E-state index is 12.3. The van der Waals surface area contributed by atoms with Crippen LogP contribution in [0.1, 0.15) is 19.3 Å². The first-order valence-electron chi connectivity index (χ1n) is 9.53. The number of primary amides is 1. The van der Waals surface area contributed by atoms with E-state index in [2.05, 4.69) is 4.99 Å². The number of carboxylic acids is 2. The second-order valence-electron chi connectivity index (χ2n) is 6.89. The fourth-order valence-electron chi connectivity index (χ4n) is 2.36. The molecule has 0 aliphatic carbocycles. The lowest BCUT2D eigenvalue weighted by molar-refractivity contribution is -0.525. The Morgan fingerprint density at radius 1 is 1.08 bits per heavy atom. The molecule has 214 valence electrons. The average Bonchev–Trinajstić information content (AvgIpc) is 3.11. The van der Waals surface area contributed by atoms with Gasteiger partial charge in [0.2, 0.25) is 11.8 Å². The number of guanidine groups is 1. The number of likely N-dealkylation sites (tertiary alicyclic amines) is 1. The largest absolute Gasteiger partial charge is 0.490 e. The quantitative estimate of drug-likeness (QED) is 0.0440. The number of amides is 2. The summed E-state index contributed by atoms with van der Waals surface area (Å²) >= 11 is 0. The molecule has 0 aromatic rings. The van der Waals surface area contributed by atoms with Crippen LogP contribution in [-0.2, 0) is 19.2 Å². The summed E-state index contributed by atoms with van der Waals surface area (Å²) < 4.78 is 63.5. The van der Waals surface area contributed by atoms with Crippen molar-refractivity contribution in [2.24, 2.45) is 27.9 Å². The van der Waals surface area contributed by atoms with E-state index in [-0.39, 0.29) is 31.5 Å². The number of rotatable bonds is 7. The number of nitrogens with zero attached hydrogens (tertiary/aromatic N) is 3. The van der Waals surface area contributed by atoms with Crippen molar-refractivity contribution in [2.75, 3.05) is 13.1 Å². The number of carbonyl (C=O) groups excluding carboxylic acids is 2. The molecule has 2 amide bonds. The molecule has 1 aliphatic rings. The fraction of sp³-hybridized carbons (Fsp3) is 0.667. The Labute approximate surface area is 202 Å². The molecule has 37 heavy (non-hydrogen) atoms. The van der Waals surface area contributed by atoms with Crippen LogP contribution < -0.4 is 28.4 Å². The first kappa shape index (κ1) is 35.2. The Kier molecular flexibility index (Phi) is 14.5. The normalized spacial score (nSPS) is 18.4. The minimum atomic E-state index is -5.08. The lowest BCUT2D eigenvalue weighted by Crippen LogP contribution is -2.50. The molecule has 1 saturated heterocycles. The highest BCUT2D eigenvalue weighted by atomic mass is 19.4. The molecule has 11 N–H and O–H groups in total. The van der Waals surface area contributed by atoms with Gasteiger partial charge in [0.1, 0.15) is 6.04 Å². The molecule has 1 aliphatic heterocycles. The summed E-state index contributed by atoms with van der Waals surface area (Å²) in [6.07, 6.45) is -9.17. The van der Waals surface area contributed by atoms with Crippen LogP contribution in [0.15, 0.2) is 4.99 Å². The Bertz CT molecular complexity index is 830. The number of halogens is 6. The van der Waals surface area contributed by atoms with Gasteiger partial charge < -0.3 is 38.0 Å². The second-order valence-corrected chi connectivity index (χ2v) is 6.89. The average molecular weight is 558 g/mol. The molecule has 16 nitrogen and oxygen atoms in total. The van der Waals surface area contributed by atoms with Crippen molar-refractivity contribution in [3.63, 3.8) is 0 Å². The number of carbonyl (C=O) groups is 4. The summed E-state index contributed by atoms with van der Waals surface area (Å²) in [6.45, 7) is 0.407. The number of hydrogen-bond acceptors (Lipinski definition) is 9. The summed E-state index contributed by atoms with van der Waals surface area (Å²) in [5, 5.41) is 23.5. The summed E-state index contributed by atoms with van der Waals surface area (Å²) in [6, 6.07) is -1.87. The van der Waals surface area contributed by atoms with Gasteiger partial charge in [-0.05, 0) is 19.3 Å². The Morgan fingerprint density at radius 2 is 1.51 bits per heavy atom. The molecule has 0 radical (unpaired) electrons. The number of nitrogens with two attached hydrogens (primary N) is 4. The molecule has 22 heteroatoms. The molecule has 0 aromatic carbocycles. The van der Waals surface area contributed by atoms with Gasteiger partial charge in [0.25, 0.3) is 5.96 Å². The van der Waals surface area contributed by atoms with Crippen LogP contribution >= 0.6 is 0 Å². The molecular weight excluding hydrogens is 534 g/mol. The smallest absolute Gasteiger partial charge is 0.475 e. The molecule has 0 bridgehead atoms. The summed E-state index contributed by atoms with van der Waals surface area (Å²) in [7, 11) is 0. The number of nitro groups is 1. The standard InChI is InChI=1S/C11H22N8O4.2C2HF3O2/c12-6-4-8(9(14)20)18(5-6)10(21)7(13)2-1-3-16-11(15)17-19(22)23;2*3-2(4,5)1(6)7/h6-8H,1-5,12-13H2,(H2,14,20)(H3,15,16,17);2*(H,6,7)/t6-,7-,8-;;/m1../s1. The van der Waals surface area contributed by atoms with Gasteiger partial charge in [-0.3, -0.25) is 9.59 Å². The fourth-order valence-corrected chi connectivity index (χ4v) is 2.36. The van der Waals surface area contributed by atoms with Crippen LogP contribution in [0.25, 0.3) is 0 Å². The van der Waals surface area contributed by atoms with Crippen LogP contribution in [-0.4, -0.2) is 93.4 Å². The Hall–Kier alpha value is -3.95. The summed E-state index contributed by atoms with van der Waals surface area (Å²) in [4.78, 5) is 56.5. The van der Waals surface area contributed by atoms with Gasteiger partial charge in [-0.15, -0.1) is 0 Å². The van der Waals surface area contributed by atoms with Crippen LogP contribution in [0.4, 0.5) is 26.3 Å². The van der Waals surface area contributed by atoms with E-state index < -0.39 is 53.2 Å². The number of aliphatic carboxylic acids is 2. The van der Waals surface area contributed by atoms with Gasteiger partial charge >= 0.3 is 24.3 Å².